The van der Waals surface area contributed by atoms with Crippen molar-refractivity contribution in [3.05, 3.63) is 70.3 Å². The Kier molecular flexibility index (Phi) is 5.19. The molecule has 3 rings (SSSR count). The number of aromatic nitrogens is 1. The van der Waals surface area contributed by atoms with E-state index in [9.17, 15) is 9.59 Å². The molecule has 25 heavy (non-hydrogen) atoms. The van der Waals surface area contributed by atoms with Crippen molar-refractivity contribution in [2.45, 2.75) is 0 Å². The van der Waals surface area contributed by atoms with Crippen molar-refractivity contribution in [3.8, 4) is 0 Å². The number of hydrogen-bond acceptors (Lipinski definition) is 2. The topological polar surface area (TPSA) is 63.1 Å². The molecule has 0 fully saturated rings. The third kappa shape index (κ3) is 3.91. The molecule has 0 aliphatic carbocycles. The van der Waals surface area contributed by atoms with Gasteiger partial charge in [-0.05, 0) is 24.3 Å². The average Bonchev–Trinajstić information content (AvgIpc) is 2.96. The number of nitrogens with one attached hydrogen (secondary N) is 2. The molecule has 2 N–H and O–H groups in total. The summed E-state index contributed by atoms with van der Waals surface area (Å²) in [5.74, 6) is -0.311. The molecule has 0 aliphatic heterocycles. The molecule has 0 radical (unpaired) electrons. The average molecular weight is 400 g/mol. The van der Waals surface area contributed by atoms with E-state index in [4.69, 9.17) is 0 Å². The van der Waals surface area contributed by atoms with Crippen LogP contribution in [0.25, 0.3) is 10.9 Å². The Labute approximate surface area is 154 Å². The number of carbonyl (C=O) groups excluding carboxylic acids is 2. The Hall–Kier alpha value is -2.60. The lowest BCUT2D eigenvalue weighted by atomic mass is 10.1. The van der Waals surface area contributed by atoms with Crippen LogP contribution < -0.4 is 10.6 Å². The lowest BCUT2D eigenvalue weighted by Gasteiger charge is -2.07. The van der Waals surface area contributed by atoms with Crippen molar-refractivity contribution in [3.63, 3.8) is 0 Å². The molecule has 6 heteroatoms. The largest absolute Gasteiger partial charge is 0.350 e. The molecule has 0 bridgehead atoms. The highest BCUT2D eigenvalue weighted by atomic mass is 79.9. The molecule has 0 saturated carbocycles. The van der Waals surface area contributed by atoms with Crippen LogP contribution in [0.15, 0.2) is 59.2 Å². The fraction of sp³-hybridized carbons (Fsp3) is 0.158. The molecule has 0 atom stereocenters. The van der Waals surface area contributed by atoms with Gasteiger partial charge in [0.05, 0.1) is 5.56 Å². The molecule has 0 aliphatic rings. The predicted octanol–water partition coefficient (Wildman–Crippen LogP) is 3.10. The second-order valence-corrected chi connectivity index (χ2v) is 6.61. The first-order valence-electron chi connectivity index (χ1n) is 7.92. The zero-order valence-corrected chi connectivity index (χ0v) is 15.3. The van der Waals surface area contributed by atoms with E-state index in [0.717, 1.165) is 15.4 Å². The number of benzene rings is 2. The maximum absolute atomic E-state index is 12.4. The van der Waals surface area contributed by atoms with Gasteiger partial charge in [-0.3, -0.25) is 9.59 Å². The van der Waals surface area contributed by atoms with Crippen LogP contribution in [0, 0.1) is 0 Å². The molecule has 128 valence electrons. The number of nitrogens with zero attached hydrogens (tertiary/aromatic N) is 1. The minimum absolute atomic E-state index is 0.145. The van der Waals surface area contributed by atoms with Crippen molar-refractivity contribution in [1.82, 2.24) is 15.2 Å². The van der Waals surface area contributed by atoms with Crippen LogP contribution >= 0.6 is 15.9 Å². The van der Waals surface area contributed by atoms with Gasteiger partial charge in [0.2, 0.25) is 0 Å². The molecular formula is C19H18BrN3O2. The van der Waals surface area contributed by atoms with Crippen LogP contribution in [0.5, 0.6) is 0 Å². The molecule has 0 saturated heterocycles. The third-order valence-electron chi connectivity index (χ3n) is 3.92. The van der Waals surface area contributed by atoms with Gasteiger partial charge in [-0.2, -0.15) is 0 Å². The smallest absolute Gasteiger partial charge is 0.253 e. The minimum Gasteiger partial charge on any atom is -0.350 e. The summed E-state index contributed by atoms with van der Waals surface area (Å²) in [6, 6.07) is 14.9. The summed E-state index contributed by atoms with van der Waals surface area (Å²) >= 11 is 3.34. The van der Waals surface area contributed by atoms with Crippen LogP contribution in [0.3, 0.4) is 0 Å². The Morgan fingerprint density at radius 1 is 1.00 bits per heavy atom. The fourth-order valence-corrected chi connectivity index (χ4v) is 3.10. The molecule has 5 nitrogen and oxygen atoms in total. The third-order valence-corrected chi connectivity index (χ3v) is 4.42. The number of rotatable bonds is 5. The first kappa shape index (κ1) is 17.2. The van der Waals surface area contributed by atoms with Gasteiger partial charge in [0.25, 0.3) is 11.8 Å². The highest BCUT2D eigenvalue weighted by molar-refractivity contribution is 9.10. The molecule has 2 aromatic carbocycles. The summed E-state index contributed by atoms with van der Waals surface area (Å²) in [7, 11) is 1.91. The van der Waals surface area contributed by atoms with Crippen LogP contribution in [-0.4, -0.2) is 29.5 Å². The normalized spacial score (nSPS) is 10.6. The maximum atomic E-state index is 12.4. The zero-order valence-electron chi connectivity index (χ0n) is 13.8. The molecule has 0 spiro atoms. The summed E-state index contributed by atoms with van der Waals surface area (Å²) in [6.07, 6.45) is 1.82. The van der Waals surface area contributed by atoms with Crippen molar-refractivity contribution < 1.29 is 9.59 Å². The number of para-hydroxylation sites is 1. The van der Waals surface area contributed by atoms with E-state index in [1.165, 1.54) is 0 Å². The summed E-state index contributed by atoms with van der Waals surface area (Å²) in [5.41, 5.74) is 2.22. The van der Waals surface area contributed by atoms with Crippen LogP contribution in [-0.2, 0) is 7.05 Å². The molecule has 2 amide bonds. The van der Waals surface area contributed by atoms with Crippen molar-refractivity contribution in [1.29, 1.82) is 0 Å². The van der Waals surface area contributed by atoms with Crippen molar-refractivity contribution in [2.24, 2.45) is 7.05 Å². The number of halogens is 1. The van der Waals surface area contributed by atoms with Crippen molar-refractivity contribution in [2.75, 3.05) is 13.1 Å². The van der Waals surface area contributed by atoms with Gasteiger partial charge in [0.1, 0.15) is 0 Å². The Morgan fingerprint density at radius 2 is 1.72 bits per heavy atom. The Morgan fingerprint density at radius 3 is 2.48 bits per heavy atom. The molecule has 0 unspecified atom stereocenters. The highest BCUT2D eigenvalue weighted by Gasteiger charge is 2.13. The molecule has 3 aromatic rings. The number of hydrogen-bond donors (Lipinski definition) is 2. The first-order valence-corrected chi connectivity index (χ1v) is 8.71. The van der Waals surface area contributed by atoms with Crippen LogP contribution in [0.4, 0.5) is 0 Å². The quantitative estimate of drug-likeness (QED) is 0.647. The standard InChI is InChI=1S/C19H18BrN3O2/c1-23-12-16(15-7-2-3-8-17(15)23)19(25)22-10-9-21-18(24)13-5-4-6-14(20)11-13/h2-8,11-12H,9-10H2,1H3,(H,21,24)(H,22,25). The molecular weight excluding hydrogens is 382 g/mol. The lowest BCUT2D eigenvalue weighted by molar-refractivity contribution is 0.0928. The van der Waals surface area contributed by atoms with E-state index in [1.807, 2.05) is 48.1 Å². The highest BCUT2D eigenvalue weighted by Crippen LogP contribution is 2.19. The van der Waals surface area contributed by atoms with Gasteiger partial charge in [0.15, 0.2) is 0 Å². The van der Waals surface area contributed by atoms with Crippen LogP contribution in [0.1, 0.15) is 20.7 Å². The summed E-state index contributed by atoms with van der Waals surface area (Å²) in [6.45, 7) is 0.726. The number of fused-ring (bicyclic) bond motifs is 1. The first-order chi connectivity index (χ1) is 12.1. The Bertz CT molecular complexity index is 933. The van der Waals surface area contributed by atoms with E-state index in [-0.39, 0.29) is 11.8 Å². The lowest BCUT2D eigenvalue weighted by Crippen LogP contribution is -2.34. The van der Waals surface area contributed by atoms with Gasteiger partial charge >= 0.3 is 0 Å². The Balaban J connectivity index is 1.55. The van der Waals surface area contributed by atoms with Gasteiger partial charge in [-0.15, -0.1) is 0 Å². The monoisotopic (exact) mass is 399 g/mol. The number of carbonyl (C=O) groups is 2. The second-order valence-electron chi connectivity index (χ2n) is 5.69. The SMILES string of the molecule is Cn1cc(C(=O)NCCNC(=O)c2cccc(Br)c2)c2ccccc21. The van der Waals surface area contributed by atoms with Gasteiger partial charge in [0, 0.05) is 47.3 Å². The summed E-state index contributed by atoms with van der Waals surface area (Å²) in [5, 5.41) is 6.56. The zero-order chi connectivity index (χ0) is 17.8. The van der Waals surface area contributed by atoms with E-state index < -0.39 is 0 Å². The minimum atomic E-state index is -0.166. The second kappa shape index (κ2) is 7.53. The molecule has 1 heterocycles. The van der Waals surface area contributed by atoms with Gasteiger partial charge < -0.3 is 15.2 Å². The summed E-state index contributed by atoms with van der Waals surface area (Å²) < 4.78 is 2.78. The van der Waals surface area contributed by atoms with Gasteiger partial charge in [-0.1, -0.05) is 40.2 Å². The molecule has 1 aromatic heterocycles. The fourth-order valence-electron chi connectivity index (χ4n) is 2.70. The van der Waals surface area contributed by atoms with Crippen molar-refractivity contribution >= 4 is 38.6 Å². The number of amides is 2. The van der Waals surface area contributed by atoms with E-state index in [0.29, 0.717) is 24.2 Å². The summed E-state index contributed by atoms with van der Waals surface area (Å²) in [4.78, 5) is 24.4. The van der Waals surface area contributed by atoms with E-state index in [2.05, 4.69) is 26.6 Å². The van der Waals surface area contributed by atoms with Crippen LogP contribution in [0.2, 0.25) is 0 Å². The van der Waals surface area contributed by atoms with Gasteiger partial charge in [-0.25, -0.2) is 0 Å². The maximum Gasteiger partial charge on any atom is 0.253 e. The number of aryl methyl sites for hydroxylation is 1. The van der Waals surface area contributed by atoms with E-state index in [1.54, 1.807) is 18.2 Å². The van der Waals surface area contributed by atoms with E-state index >= 15 is 0 Å². The predicted molar refractivity (Wildman–Crippen MR) is 102 cm³/mol.